The quantitative estimate of drug-likeness (QED) is 0.707. The number of methoxy groups -OCH3 is 2. The second-order valence-electron chi connectivity index (χ2n) is 7.64. The highest BCUT2D eigenvalue weighted by molar-refractivity contribution is 5.95. The third-order valence-corrected chi connectivity index (χ3v) is 5.64. The number of amides is 2. The summed E-state index contributed by atoms with van der Waals surface area (Å²) in [6.45, 7) is 3.57. The number of halogens is 3. The summed E-state index contributed by atoms with van der Waals surface area (Å²) in [6, 6.07) is 8.79. The van der Waals surface area contributed by atoms with E-state index in [1.54, 1.807) is 30.0 Å². The first-order chi connectivity index (χ1) is 15.6. The van der Waals surface area contributed by atoms with Crippen LogP contribution in [0.4, 0.5) is 18.9 Å². The van der Waals surface area contributed by atoms with Crippen LogP contribution in [-0.4, -0.2) is 68.1 Å². The van der Waals surface area contributed by atoms with Crippen LogP contribution in [0, 0.1) is 0 Å². The molecule has 1 aliphatic heterocycles. The van der Waals surface area contributed by atoms with Crippen molar-refractivity contribution >= 4 is 17.5 Å². The summed E-state index contributed by atoms with van der Waals surface area (Å²) in [5.74, 6) is 0.536. The first-order valence-electron chi connectivity index (χ1n) is 10.4. The number of carbonyl (C=O) groups excluding carboxylic acids is 2. The molecular weight excluding hydrogens is 439 g/mol. The lowest BCUT2D eigenvalue weighted by molar-refractivity contribution is -0.137. The number of benzene rings is 2. The van der Waals surface area contributed by atoms with Crippen LogP contribution in [0.5, 0.6) is 11.5 Å². The molecule has 7 nitrogen and oxygen atoms in total. The van der Waals surface area contributed by atoms with Crippen LogP contribution >= 0.6 is 0 Å². The van der Waals surface area contributed by atoms with Crippen molar-refractivity contribution in [2.45, 2.75) is 19.1 Å². The van der Waals surface area contributed by atoms with E-state index in [2.05, 4.69) is 5.32 Å². The third-order valence-electron chi connectivity index (χ3n) is 5.64. The number of rotatable bonds is 6. The minimum Gasteiger partial charge on any atom is -0.493 e. The predicted octanol–water partition coefficient (Wildman–Crippen LogP) is 3.51. The van der Waals surface area contributed by atoms with Crippen molar-refractivity contribution in [3.05, 3.63) is 53.6 Å². The van der Waals surface area contributed by atoms with E-state index in [1.807, 2.05) is 4.90 Å². The Kier molecular flexibility index (Phi) is 7.47. The molecule has 10 heteroatoms. The molecule has 0 spiro atoms. The van der Waals surface area contributed by atoms with Crippen molar-refractivity contribution in [2.24, 2.45) is 0 Å². The van der Waals surface area contributed by atoms with Crippen LogP contribution < -0.4 is 14.8 Å². The fourth-order valence-electron chi connectivity index (χ4n) is 3.62. The smallest absolute Gasteiger partial charge is 0.416 e. The number of ether oxygens (including phenoxy) is 2. The molecule has 1 unspecified atom stereocenters. The van der Waals surface area contributed by atoms with Gasteiger partial charge in [0.25, 0.3) is 5.91 Å². The fraction of sp³-hybridized carbons (Fsp3) is 0.391. The summed E-state index contributed by atoms with van der Waals surface area (Å²) >= 11 is 0. The Morgan fingerprint density at radius 2 is 1.55 bits per heavy atom. The largest absolute Gasteiger partial charge is 0.493 e. The van der Waals surface area contributed by atoms with E-state index in [9.17, 15) is 22.8 Å². The molecule has 2 amide bonds. The van der Waals surface area contributed by atoms with Gasteiger partial charge in [-0.3, -0.25) is 14.5 Å². The molecule has 2 aromatic carbocycles. The Hall–Kier alpha value is -3.27. The van der Waals surface area contributed by atoms with Gasteiger partial charge in [0, 0.05) is 37.4 Å². The Labute approximate surface area is 190 Å². The predicted molar refractivity (Wildman–Crippen MR) is 117 cm³/mol. The standard InChI is InChI=1S/C23H26F3N3O4/c1-15(21(30)27-18-7-5-17(6-8-18)23(24,25)26)28-10-12-29(13-11-28)22(31)16-4-9-19(32-2)20(14-16)33-3/h4-9,14-15H,10-13H2,1-3H3,(H,27,30). The zero-order chi connectivity index (χ0) is 24.2. The number of hydrogen-bond donors (Lipinski definition) is 1. The maximum Gasteiger partial charge on any atom is 0.416 e. The van der Waals surface area contributed by atoms with Crippen LogP contribution in [-0.2, 0) is 11.0 Å². The summed E-state index contributed by atoms with van der Waals surface area (Å²) in [7, 11) is 3.02. The molecule has 0 bridgehead atoms. The number of nitrogens with one attached hydrogen (secondary N) is 1. The monoisotopic (exact) mass is 465 g/mol. The Morgan fingerprint density at radius 3 is 2.09 bits per heavy atom. The van der Waals surface area contributed by atoms with Gasteiger partial charge in [-0.05, 0) is 49.4 Å². The van der Waals surface area contributed by atoms with Crippen LogP contribution in [0.2, 0.25) is 0 Å². The van der Waals surface area contributed by atoms with Gasteiger partial charge in [-0.15, -0.1) is 0 Å². The van der Waals surface area contributed by atoms with Gasteiger partial charge in [0.2, 0.25) is 5.91 Å². The maximum absolute atomic E-state index is 12.9. The van der Waals surface area contributed by atoms with Crippen molar-refractivity contribution in [3.8, 4) is 11.5 Å². The fourth-order valence-corrected chi connectivity index (χ4v) is 3.62. The molecule has 1 N–H and O–H groups in total. The van der Waals surface area contributed by atoms with E-state index in [-0.39, 0.29) is 11.8 Å². The third kappa shape index (κ3) is 5.75. The molecule has 0 radical (unpaired) electrons. The molecule has 1 saturated heterocycles. The number of alkyl halides is 3. The molecule has 0 aromatic heterocycles. The van der Waals surface area contributed by atoms with Gasteiger partial charge in [-0.1, -0.05) is 0 Å². The van der Waals surface area contributed by atoms with Crippen LogP contribution in [0.15, 0.2) is 42.5 Å². The van der Waals surface area contributed by atoms with Crippen molar-refractivity contribution in [1.82, 2.24) is 9.80 Å². The lowest BCUT2D eigenvalue weighted by Gasteiger charge is -2.37. The minimum absolute atomic E-state index is 0.141. The van der Waals surface area contributed by atoms with E-state index in [1.165, 1.54) is 26.4 Å². The Bertz CT molecular complexity index is 987. The lowest BCUT2D eigenvalue weighted by Crippen LogP contribution is -2.54. The SMILES string of the molecule is COc1ccc(C(=O)N2CCN(C(C)C(=O)Nc3ccc(C(F)(F)F)cc3)CC2)cc1OC. The van der Waals surface area contributed by atoms with Crippen molar-refractivity contribution < 1.29 is 32.2 Å². The number of hydrogen-bond acceptors (Lipinski definition) is 5. The molecule has 1 heterocycles. The normalized spacial score (nSPS) is 15.6. The van der Waals surface area contributed by atoms with Gasteiger partial charge in [-0.2, -0.15) is 13.2 Å². The van der Waals surface area contributed by atoms with Gasteiger partial charge in [0.1, 0.15) is 0 Å². The Balaban J connectivity index is 1.55. The van der Waals surface area contributed by atoms with Gasteiger partial charge in [0.15, 0.2) is 11.5 Å². The van der Waals surface area contributed by atoms with Crippen molar-refractivity contribution in [2.75, 3.05) is 45.7 Å². The van der Waals surface area contributed by atoms with E-state index in [4.69, 9.17) is 9.47 Å². The van der Waals surface area contributed by atoms with Crippen molar-refractivity contribution in [3.63, 3.8) is 0 Å². The number of carbonyl (C=O) groups is 2. The molecule has 2 aromatic rings. The average molecular weight is 465 g/mol. The van der Waals surface area contributed by atoms with Gasteiger partial charge in [-0.25, -0.2) is 0 Å². The summed E-state index contributed by atoms with van der Waals surface area (Å²) < 4.78 is 48.5. The molecule has 1 fully saturated rings. The van der Waals surface area contributed by atoms with Gasteiger partial charge < -0.3 is 19.7 Å². The number of piperazine rings is 1. The van der Waals surface area contributed by atoms with Crippen molar-refractivity contribution in [1.29, 1.82) is 0 Å². The molecular formula is C23H26F3N3O4. The van der Waals surface area contributed by atoms with Gasteiger partial charge >= 0.3 is 6.18 Å². The molecule has 178 valence electrons. The summed E-state index contributed by atoms with van der Waals surface area (Å²) in [5.41, 5.74) is 0.000119. The number of nitrogens with zero attached hydrogens (tertiary/aromatic N) is 2. The Morgan fingerprint density at radius 1 is 0.939 bits per heavy atom. The zero-order valence-corrected chi connectivity index (χ0v) is 18.6. The second-order valence-corrected chi connectivity index (χ2v) is 7.64. The molecule has 0 aliphatic carbocycles. The summed E-state index contributed by atoms with van der Waals surface area (Å²) in [5, 5.41) is 2.65. The summed E-state index contributed by atoms with van der Waals surface area (Å²) in [6.07, 6.45) is -4.43. The molecule has 1 aliphatic rings. The first kappa shape index (κ1) is 24.4. The highest BCUT2D eigenvalue weighted by Gasteiger charge is 2.31. The molecule has 33 heavy (non-hydrogen) atoms. The van der Waals surface area contributed by atoms with E-state index < -0.39 is 17.8 Å². The van der Waals surface area contributed by atoms with Crippen LogP contribution in [0.3, 0.4) is 0 Å². The van der Waals surface area contributed by atoms with Crippen LogP contribution in [0.25, 0.3) is 0 Å². The molecule has 3 rings (SSSR count). The molecule has 0 saturated carbocycles. The zero-order valence-electron chi connectivity index (χ0n) is 18.6. The lowest BCUT2D eigenvalue weighted by atomic mass is 10.1. The van der Waals surface area contributed by atoms with E-state index in [0.29, 0.717) is 48.9 Å². The summed E-state index contributed by atoms with van der Waals surface area (Å²) in [4.78, 5) is 29.1. The average Bonchev–Trinajstić information content (AvgIpc) is 2.82. The van der Waals surface area contributed by atoms with E-state index >= 15 is 0 Å². The van der Waals surface area contributed by atoms with Gasteiger partial charge in [0.05, 0.1) is 25.8 Å². The maximum atomic E-state index is 12.9. The molecule has 1 atom stereocenters. The second kappa shape index (κ2) is 10.1. The number of anilines is 1. The van der Waals surface area contributed by atoms with E-state index in [0.717, 1.165) is 12.1 Å². The first-order valence-corrected chi connectivity index (χ1v) is 10.4. The minimum atomic E-state index is -4.43. The highest BCUT2D eigenvalue weighted by Crippen LogP contribution is 2.30. The topological polar surface area (TPSA) is 71.1 Å². The highest BCUT2D eigenvalue weighted by atomic mass is 19.4. The van der Waals surface area contributed by atoms with Crippen LogP contribution in [0.1, 0.15) is 22.8 Å².